The molecule has 0 saturated heterocycles. The van der Waals surface area contributed by atoms with Crippen LogP contribution in [0, 0.1) is 23.4 Å². The van der Waals surface area contributed by atoms with Gasteiger partial charge in [0, 0.05) is 0 Å². The summed E-state index contributed by atoms with van der Waals surface area (Å²) in [7, 11) is 0. The SMILES string of the molecule is CCC1CCC1.Fc1cc(COS)cc(F)c1F. The second-order valence-corrected chi connectivity index (χ2v) is 4.61. The van der Waals surface area contributed by atoms with Crippen molar-refractivity contribution in [2.24, 2.45) is 5.92 Å². The number of rotatable bonds is 3. The van der Waals surface area contributed by atoms with E-state index in [0.717, 1.165) is 18.1 Å². The maximum atomic E-state index is 12.5. The molecule has 0 bridgehead atoms. The first-order chi connectivity index (χ1) is 8.58. The first kappa shape index (κ1) is 15.4. The molecule has 0 radical (unpaired) electrons. The molecule has 5 heteroatoms. The van der Waals surface area contributed by atoms with Gasteiger partial charge in [-0.05, 0) is 36.5 Å². The molecule has 2 rings (SSSR count). The summed E-state index contributed by atoms with van der Waals surface area (Å²) < 4.78 is 41.6. The molecule has 0 spiro atoms. The van der Waals surface area contributed by atoms with Gasteiger partial charge >= 0.3 is 0 Å². The molecule has 1 aliphatic rings. The van der Waals surface area contributed by atoms with E-state index in [2.05, 4.69) is 24.0 Å². The summed E-state index contributed by atoms with van der Waals surface area (Å²) in [5, 5.41) is 0. The largest absolute Gasteiger partial charge is 0.314 e. The average molecular weight is 278 g/mol. The number of halogens is 3. The Bertz CT molecular complexity index is 355. The Morgan fingerprint density at radius 2 is 1.78 bits per heavy atom. The van der Waals surface area contributed by atoms with Crippen LogP contribution in [0.5, 0.6) is 0 Å². The van der Waals surface area contributed by atoms with E-state index in [1.165, 1.54) is 25.7 Å². The van der Waals surface area contributed by atoms with E-state index in [4.69, 9.17) is 0 Å². The first-order valence-electron chi connectivity index (χ1n) is 5.98. The van der Waals surface area contributed by atoms with Crippen LogP contribution in [0.25, 0.3) is 0 Å². The Hall–Kier alpha value is -0.680. The van der Waals surface area contributed by atoms with Crippen molar-refractivity contribution < 1.29 is 17.4 Å². The van der Waals surface area contributed by atoms with E-state index < -0.39 is 17.5 Å². The zero-order chi connectivity index (χ0) is 13.5. The van der Waals surface area contributed by atoms with Crippen molar-refractivity contribution in [3.8, 4) is 0 Å². The highest BCUT2D eigenvalue weighted by Crippen LogP contribution is 2.28. The number of hydrogen-bond donors (Lipinski definition) is 1. The molecular formula is C13H17F3OS. The van der Waals surface area contributed by atoms with Crippen molar-refractivity contribution in [3.63, 3.8) is 0 Å². The molecule has 0 unspecified atom stereocenters. The van der Waals surface area contributed by atoms with Crippen LogP contribution in [0.3, 0.4) is 0 Å². The van der Waals surface area contributed by atoms with Gasteiger partial charge in [0.25, 0.3) is 0 Å². The van der Waals surface area contributed by atoms with Crippen molar-refractivity contribution in [1.82, 2.24) is 0 Å². The summed E-state index contributed by atoms with van der Waals surface area (Å²) >= 11 is 3.39. The van der Waals surface area contributed by atoms with Crippen LogP contribution in [-0.2, 0) is 10.8 Å². The van der Waals surface area contributed by atoms with Gasteiger partial charge in [0.2, 0.25) is 0 Å². The van der Waals surface area contributed by atoms with E-state index in [9.17, 15) is 13.2 Å². The van der Waals surface area contributed by atoms with Gasteiger partial charge in [-0.3, -0.25) is 0 Å². The van der Waals surface area contributed by atoms with Crippen LogP contribution in [0.2, 0.25) is 0 Å². The molecule has 0 aliphatic heterocycles. The smallest absolute Gasteiger partial charge is 0.194 e. The van der Waals surface area contributed by atoms with E-state index in [0.29, 0.717) is 0 Å². The minimum atomic E-state index is -1.47. The molecule has 102 valence electrons. The molecule has 18 heavy (non-hydrogen) atoms. The van der Waals surface area contributed by atoms with E-state index in [-0.39, 0.29) is 12.2 Å². The van der Waals surface area contributed by atoms with E-state index in [1.807, 2.05) is 0 Å². The Labute approximate surface area is 111 Å². The highest BCUT2D eigenvalue weighted by molar-refractivity contribution is 7.75. The van der Waals surface area contributed by atoms with Gasteiger partial charge in [0.1, 0.15) is 0 Å². The monoisotopic (exact) mass is 278 g/mol. The van der Waals surface area contributed by atoms with Crippen LogP contribution < -0.4 is 0 Å². The van der Waals surface area contributed by atoms with Crippen LogP contribution >= 0.6 is 12.9 Å². The van der Waals surface area contributed by atoms with Gasteiger partial charge in [0.15, 0.2) is 17.5 Å². The van der Waals surface area contributed by atoms with Crippen LogP contribution in [-0.4, -0.2) is 0 Å². The fourth-order valence-electron chi connectivity index (χ4n) is 1.67. The average Bonchev–Trinajstić information content (AvgIpc) is 2.25. The van der Waals surface area contributed by atoms with Gasteiger partial charge in [-0.15, -0.1) is 0 Å². The highest BCUT2D eigenvalue weighted by Gasteiger charge is 2.13. The summed E-state index contributed by atoms with van der Waals surface area (Å²) in [6, 6.07) is 1.71. The topological polar surface area (TPSA) is 9.23 Å². The highest BCUT2D eigenvalue weighted by atomic mass is 32.1. The molecular weight excluding hydrogens is 261 g/mol. The zero-order valence-corrected chi connectivity index (χ0v) is 11.2. The van der Waals surface area contributed by atoms with Gasteiger partial charge in [-0.2, -0.15) is 0 Å². The number of hydrogen-bond acceptors (Lipinski definition) is 2. The normalized spacial score (nSPS) is 14.7. The lowest BCUT2D eigenvalue weighted by Gasteiger charge is -2.22. The molecule has 1 aromatic rings. The summed E-state index contributed by atoms with van der Waals surface area (Å²) in [5.41, 5.74) is 0.196. The van der Waals surface area contributed by atoms with Gasteiger partial charge in [-0.25, -0.2) is 13.2 Å². The summed E-state index contributed by atoms with van der Waals surface area (Å²) in [5.74, 6) is -2.81. The molecule has 1 fully saturated rings. The Morgan fingerprint density at radius 1 is 1.22 bits per heavy atom. The van der Waals surface area contributed by atoms with Crippen LogP contribution in [0.15, 0.2) is 12.1 Å². The third-order valence-electron chi connectivity index (χ3n) is 3.08. The Morgan fingerprint density at radius 3 is 2.06 bits per heavy atom. The second-order valence-electron chi connectivity index (χ2n) is 4.35. The third kappa shape index (κ3) is 4.53. The molecule has 1 nitrogen and oxygen atoms in total. The van der Waals surface area contributed by atoms with Crippen molar-refractivity contribution >= 4 is 12.9 Å². The molecule has 1 saturated carbocycles. The fraction of sp³-hybridized carbons (Fsp3) is 0.538. The molecule has 0 aromatic heterocycles. The lowest BCUT2D eigenvalue weighted by Crippen LogP contribution is -2.08. The minimum absolute atomic E-state index is 0.0722. The Balaban J connectivity index is 0.000000225. The zero-order valence-electron chi connectivity index (χ0n) is 10.3. The standard InChI is InChI=1S/C7H5F3OS.C6H12/c8-5-1-4(3-11-12)2-6(9)7(5)10;1-2-6-4-3-5-6/h1-2,12H,3H2;6H,2-5H2,1H3. The fourth-order valence-corrected chi connectivity index (χ4v) is 1.82. The summed E-state index contributed by atoms with van der Waals surface area (Å²) in [6.45, 7) is 2.21. The molecule has 1 aliphatic carbocycles. The maximum absolute atomic E-state index is 12.5. The van der Waals surface area contributed by atoms with Crippen molar-refractivity contribution in [2.45, 2.75) is 39.2 Å². The van der Waals surface area contributed by atoms with Gasteiger partial charge in [0.05, 0.1) is 6.61 Å². The number of benzene rings is 1. The quantitative estimate of drug-likeness (QED) is 0.480. The predicted molar refractivity (Wildman–Crippen MR) is 67.7 cm³/mol. The predicted octanol–water partition coefficient (Wildman–Crippen LogP) is 4.66. The minimum Gasteiger partial charge on any atom is -0.314 e. The lowest BCUT2D eigenvalue weighted by atomic mass is 9.84. The van der Waals surface area contributed by atoms with Gasteiger partial charge < -0.3 is 4.18 Å². The van der Waals surface area contributed by atoms with E-state index >= 15 is 0 Å². The van der Waals surface area contributed by atoms with Crippen molar-refractivity contribution in [2.75, 3.05) is 0 Å². The van der Waals surface area contributed by atoms with Crippen molar-refractivity contribution in [3.05, 3.63) is 35.1 Å². The molecule has 0 N–H and O–H groups in total. The lowest BCUT2D eigenvalue weighted by molar-refractivity contribution is 0.307. The molecule has 0 amide bonds. The van der Waals surface area contributed by atoms with Crippen molar-refractivity contribution in [1.29, 1.82) is 0 Å². The van der Waals surface area contributed by atoms with Gasteiger partial charge in [-0.1, -0.05) is 32.6 Å². The number of thiol groups is 1. The van der Waals surface area contributed by atoms with Crippen LogP contribution in [0.4, 0.5) is 13.2 Å². The molecule has 0 heterocycles. The van der Waals surface area contributed by atoms with Crippen LogP contribution in [0.1, 0.15) is 38.2 Å². The summed E-state index contributed by atoms with van der Waals surface area (Å²) in [4.78, 5) is 0. The molecule has 0 atom stereocenters. The van der Waals surface area contributed by atoms with E-state index in [1.54, 1.807) is 0 Å². The first-order valence-corrected chi connectivity index (χ1v) is 6.34. The molecule has 1 aromatic carbocycles. The second kappa shape index (κ2) is 7.69. The Kier molecular flexibility index (Phi) is 6.57. The summed E-state index contributed by atoms with van der Waals surface area (Å²) in [6.07, 6.45) is 5.94. The third-order valence-corrected chi connectivity index (χ3v) is 3.21. The maximum Gasteiger partial charge on any atom is 0.194 e.